The molecule has 0 bridgehead atoms. The van der Waals surface area contributed by atoms with Gasteiger partial charge in [0.1, 0.15) is 18.1 Å². The molecule has 3 aromatic rings. The van der Waals surface area contributed by atoms with Gasteiger partial charge in [-0.05, 0) is 60.0 Å². The fourth-order valence-corrected chi connectivity index (χ4v) is 2.85. The Morgan fingerprint density at radius 2 is 1.37 bits per heavy atom. The van der Waals surface area contributed by atoms with E-state index in [0.29, 0.717) is 17.1 Å². The summed E-state index contributed by atoms with van der Waals surface area (Å²) in [6.07, 6.45) is 1.12. The molecule has 35 heavy (non-hydrogen) atoms. The first kappa shape index (κ1) is 25.0. The van der Waals surface area contributed by atoms with Gasteiger partial charge in [0, 0.05) is 11.6 Å². The smallest absolute Gasteiger partial charge is 0.343 e. The molecule has 7 heteroatoms. The largest absolute Gasteiger partial charge is 0.458 e. The highest BCUT2D eigenvalue weighted by atomic mass is 16.7. The fraction of sp³-hybridized carbons (Fsp3) is 0.107. The van der Waals surface area contributed by atoms with Crippen molar-refractivity contribution < 1.29 is 33.3 Å². The van der Waals surface area contributed by atoms with Crippen LogP contribution < -0.4 is 9.47 Å². The topological polar surface area (TPSA) is 88.1 Å². The summed E-state index contributed by atoms with van der Waals surface area (Å²) in [5.74, 6) is -0.689. The number of hydrogen-bond donors (Lipinski definition) is 0. The summed E-state index contributed by atoms with van der Waals surface area (Å²) in [6, 6.07) is 21.0. The van der Waals surface area contributed by atoms with Crippen LogP contribution in [0.25, 0.3) is 11.1 Å². The summed E-state index contributed by atoms with van der Waals surface area (Å²) >= 11 is 0. The Morgan fingerprint density at radius 1 is 0.800 bits per heavy atom. The second-order valence-corrected chi connectivity index (χ2v) is 7.42. The van der Waals surface area contributed by atoms with Crippen molar-refractivity contribution in [2.45, 2.75) is 13.5 Å². The number of carbonyl (C=O) groups is 3. The van der Waals surface area contributed by atoms with Crippen LogP contribution in [0.2, 0.25) is 0 Å². The van der Waals surface area contributed by atoms with Gasteiger partial charge in [-0.1, -0.05) is 49.6 Å². The third-order valence-electron chi connectivity index (χ3n) is 4.75. The maximum atomic E-state index is 12.4. The third-order valence-corrected chi connectivity index (χ3v) is 4.75. The minimum absolute atomic E-state index is 0.176. The van der Waals surface area contributed by atoms with Gasteiger partial charge in [-0.15, -0.1) is 0 Å². The molecule has 0 unspecified atom stereocenters. The molecule has 3 rings (SSSR count). The van der Waals surface area contributed by atoms with E-state index in [0.717, 1.165) is 22.8 Å². The zero-order chi connectivity index (χ0) is 25.2. The maximum absolute atomic E-state index is 12.4. The van der Waals surface area contributed by atoms with Crippen LogP contribution in [0.4, 0.5) is 0 Å². The molecule has 0 atom stereocenters. The van der Waals surface area contributed by atoms with Gasteiger partial charge in [-0.2, -0.15) is 0 Å². The summed E-state index contributed by atoms with van der Waals surface area (Å²) in [7, 11) is 0. The third kappa shape index (κ3) is 7.43. The van der Waals surface area contributed by atoms with E-state index in [1.807, 2.05) is 36.4 Å². The average molecular weight is 472 g/mol. The summed E-state index contributed by atoms with van der Waals surface area (Å²) in [5.41, 5.74) is 3.38. The average Bonchev–Trinajstić information content (AvgIpc) is 2.88. The van der Waals surface area contributed by atoms with E-state index in [2.05, 4.69) is 13.2 Å². The minimum Gasteiger partial charge on any atom is -0.458 e. The van der Waals surface area contributed by atoms with Gasteiger partial charge in [0.05, 0.1) is 5.56 Å². The van der Waals surface area contributed by atoms with E-state index in [1.54, 1.807) is 43.3 Å². The van der Waals surface area contributed by atoms with Crippen LogP contribution in [-0.4, -0.2) is 24.7 Å². The van der Waals surface area contributed by atoms with E-state index in [-0.39, 0.29) is 19.0 Å². The van der Waals surface area contributed by atoms with Crippen molar-refractivity contribution in [3.05, 3.63) is 109 Å². The summed E-state index contributed by atoms with van der Waals surface area (Å²) < 4.78 is 20.6. The second-order valence-electron chi connectivity index (χ2n) is 7.42. The number of hydrogen-bond acceptors (Lipinski definition) is 7. The second kappa shape index (κ2) is 12.0. The molecule has 0 aliphatic heterocycles. The SMILES string of the molecule is C=CC(=O)OCc1ccc(-c2ccc(OC(=O)c3ccc(OCOC(=O)C(=C)C)cc3)cc2)cc1. The first-order valence-corrected chi connectivity index (χ1v) is 10.6. The van der Waals surface area contributed by atoms with Crippen LogP contribution in [-0.2, 0) is 25.7 Å². The van der Waals surface area contributed by atoms with Crippen LogP contribution in [0, 0.1) is 0 Å². The Hall–Kier alpha value is -4.65. The van der Waals surface area contributed by atoms with Gasteiger partial charge in [0.15, 0.2) is 0 Å². The monoisotopic (exact) mass is 472 g/mol. The van der Waals surface area contributed by atoms with Crippen molar-refractivity contribution in [3.63, 3.8) is 0 Å². The lowest BCUT2D eigenvalue weighted by molar-refractivity contribution is -0.145. The van der Waals surface area contributed by atoms with Gasteiger partial charge in [-0.3, -0.25) is 0 Å². The van der Waals surface area contributed by atoms with Crippen molar-refractivity contribution in [3.8, 4) is 22.6 Å². The molecule has 0 radical (unpaired) electrons. The van der Waals surface area contributed by atoms with Gasteiger partial charge in [0.25, 0.3) is 0 Å². The Bertz CT molecular complexity index is 1210. The molecule has 7 nitrogen and oxygen atoms in total. The van der Waals surface area contributed by atoms with Crippen molar-refractivity contribution in [2.24, 2.45) is 0 Å². The highest BCUT2D eigenvalue weighted by Gasteiger charge is 2.10. The number of rotatable bonds is 10. The number of benzene rings is 3. The van der Waals surface area contributed by atoms with Gasteiger partial charge >= 0.3 is 17.9 Å². The Labute approximate surface area is 203 Å². The summed E-state index contributed by atoms with van der Waals surface area (Å²) in [6.45, 7) is 8.31. The number of esters is 3. The lowest BCUT2D eigenvalue weighted by atomic mass is 10.0. The molecule has 0 amide bonds. The van der Waals surface area contributed by atoms with Crippen LogP contribution >= 0.6 is 0 Å². The molecule has 0 fully saturated rings. The van der Waals surface area contributed by atoms with Gasteiger partial charge in [0.2, 0.25) is 6.79 Å². The molecule has 0 saturated carbocycles. The van der Waals surface area contributed by atoms with E-state index >= 15 is 0 Å². The highest BCUT2D eigenvalue weighted by Crippen LogP contribution is 2.24. The molecule has 0 N–H and O–H groups in total. The molecule has 0 aliphatic rings. The molecule has 0 aliphatic carbocycles. The molecule has 0 saturated heterocycles. The quantitative estimate of drug-likeness (QED) is 0.172. The van der Waals surface area contributed by atoms with Crippen LogP contribution in [0.3, 0.4) is 0 Å². The fourth-order valence-electron chi connectivity index (χ4n) is 2.85. The van der Waals surface area contributed by atoms with E-state index in [4.69, 9.17) is 18.9 Å². The van der Waals surface area contributed by atoms with Gasteiger partial charge in [-0.25, -0.2) is 14.4 Å². The normalized spacial score (nSPS) is 10.1. The minimum atomic E-state index is -0.542. The predicted molar refractivity (Wildman–Crippen MR) is 130 cm³/mol. The molecular formula is C28H24O7. The molecular weight excluding hydrogens is 448 g/mol. The number of ether oxygens (including phenoxy) is 4. The Morgan fingerprint density at radius 3 is 1.94 bits per heavy atom. The molecule has 0 aromatic heterocycles. The van der Waals surface area contributed by atoms with E-state index in [1.165, 1.54) is 0 Å². The van der Waals surface area contributed by atoms with E-state index < -0.39 is 17.9 Å². The molecule has 178 valence electrons. The standard InChI is InChI=1S/C28H24O7/c1-4-26(29)32-17-20-5-7-21(8-6-20)22-9-15-25(16-10-22)35-28(31)23-11-13-24(14-12-23)33-18-34-27(30)19(2)3/h4-16H,1-2,17-18H2,3H3. The zero-order valence-electron chi connectivity index (χ0n) is 19.2. The first-order valence-electron chi connectivity index (χ1n) is 10.6. The van der Waals surface area contributed by atoms with Crippen molar-refractivity contribution in [1.82, 2.24) is 0 Å². The lowest BCUT2D eigenvalue weighted by Gasteiger charge is -2.09. The van der Waals surface area contributed by atoms with Crippen molar-refractivity contribution in [1.29, 1.82) is 0 Å². The highest BCUT2D eigenvalue weighted by molar-refractivity contribution is 5.91. The lowest BCUT2D eigenvalue weighted by Crippen LogP contribution is -2.11. The van der Waals surface area contributed by atoms with Crippen molar-refractivity contribution in [2.75, 3.05) is 6.79 Å². The summed E-state index contributed by atoms with van der Waals surface area (Å²) in [4.78, 5) is 34.9. The maximum Gasteiger partial charge on any atom is 0.343 e. The molecule has 3 aromatic carbocycles. The Kier molecular flexibility index (Phi) is 8.56. The van der Waals surface area contributed by atoms with Crippen LogP contribution in [0.5, 0.6) is 11.5 Å². The van der Waals surface area contributed by atoms with Crippen LogP contribution in [0.15, 0.2) is 97.6 Å². The van der Waals surface area contributed by atoms with Crippen molar-refractivity contribution >= 4 is 17.9 Å². The predicted octanol–water partition coefficient (Wildman–Crippen LogP) is 5.26. The zero-order valence-corrected chi connectivity index (χ0v) is 19.2. The van der Waals surface area contributed by atoms with E-state index in [9.17, 15) is 14.4 Å². The van der Waals surface area contributed by atoms with Crippen LogP contribution in [0.1, 0.15) is 22.8 Å². The first-order chi connectivity index (χ1) is 16.9. The van der Waals surface area contributed by atoms with Gasteiger partial charge < -0.3 is 18.9 Å². The summed E-state index contributed by atoms with van der Waals surface area (Å²) in [5, 5.41) is 0. The molecule has 0 spiro atoms. The molecule has 0 heterocycles. The Balaban J connectivity index is 1.53. The number of carbonyl (C=O) groups excluding carboxylic acids is 3.